The predicted octanol–water partition coefficient (Wildman–Crippen LogP) is 0.229. The lowest BCUT2D eigenvalue weighted by molar-refractivity contribution is -0.152. The number of carbonyl (C=O) groups excluding carboxylic acids is 2. The third-order valence-corrected chi connectivity index (χ3v) is 7.49. The molecule has 3 rings (SSSR count). The molecule has 2 amide bonds. The van der Waals surface area contributed by atoms with Gasteiger partial charge in [0.15, 0.2) is 0 Å². The van der Waals surface area contributed by atoms with E-state index in [-0.39, 0.29) is 35.3 Å². The van der Waals surface area contributed by atoms with Crippen molar-refractivity contribution < 1.29 is 42.6 Å². The highest BCUT2D eigenvalue weighted by molar-refractivity contribution is 8.01. The summed E-state index contributed by atoms with van der Waals surface area (Å²) in [7, 11) is 0. The number of fused-ring (bicyclic) bond motifs is 1. The molecule has 34 heavy (non-hydrogen) atoms. The Morgan fingerprint density at radius 2 is 2.03 bits per heavy atom. The van der Waals surface area contributed by atoms with Crippen LogP contribution in [0, 0.1) is 0 Å². The molecule has 3 heterocycles. The highest BCUT2D eigenvalue weighted by Crippen LogP contribution is 2.41. The van der Waals surface area contributed by atoms with Gasteiger partial charge in [-0.05, 0) is 16.0 Å². The minimum Gasteiger partial charge on any atom is -0.481 e. The van der Waals surface area contributed by atoms with Gasteiger partial charge >= 0.3 is 18.1 Å². The van der Waals surface area contributed by atoms with Crippen LogP contribution in [0.4, 0.5) is 13.2 Å². The number of carboxylic acid groups (broad SMARTS) is 2. The van der Waals surface area contributed by atoms with Crippen molar-refractivity contribution in [2.24, 2.45) is 0 Å². The van der Waals surface area contributed by atoms with Crippen molar-refractivity contribution in [3.8, 4) is 0 Å². The summed E-state index contributed by atoms with van der Waals surface area (Å²) < 4.78 is 38.7. The van der Waals surface area contributed by atoms with E-state index in [1.165, 1.54) is 4.68 Å². The molecule has 2 unspecified atom stereocenters. The number of amides is 2. The van der Waals surface area contributed by atoms with Crippen LogP contribution in [-0.2, 0) is 25.7 Å². The van der Waals surface area contributed by atoms with Crippen LogP contribution in [-0.4, -0.2) is 93.4 Å². The highest BCUT2D eigenvalue weighted by atomic mass is 32.2. The highest BCUT2D eigenvalue weighted by Gasteiger charge is 2.54. The van der Waals surface area contributed by atoms with Crippen LogP contribution in [0.25, 0.3) is 0 Å². The standard InChI is InChI=1S/C16H17F3N6O6S3/c17-16(18,19)3-7(32)11(28)20-9-12(29)25-10(14(30)31)6(4-33-13(9)25)5-34-15-21-22-23-24(15)2-1-8(26)27/h7,9,13,32H,1-5H2,(H,20,28)(H,26,27)(H,30,31)/t7?,9?,13-/m1/s1. The second-order valence-corrected chi connectivity index (χ2v) is 9.78. The second-order valence-electron chi connectivity index (χ2n) is 7.11. The number of thioether (sulfide) groups is 2. The van der Waals surface area contributed by atoms with Crippen molar-refractivity contribution in [3.63, 3.8) is 0 Å². The number of thiol groups is 1. The number of carbonyl (C=O) groups is 4. The Labute approximate surface area is 203 Å². The summed E-state index contributed by atoms with van der Waals surface area (Å²) in [5, 5.41) is 29.4. The normalized spacial score (nSPS) is 21.1. The van der Waals surface area contributed by atoms with Crippen LogP contribution < -0.4 is 5.32 Å². The monoisotopic (exact) mass is 542 g/mol. The van der Waals surface area contributed by atoms with Crippen molar-refractivity contribution in [2.75, 3.05) is 11.5 Å². The Balaban J connectivity index is 1.68. The Morgan fingerprint density at radius 1 is 1.32 bits per heavy atom. The minimum absolute atomic E-state index is 0.0127. The van der Waals surface area contributed by atoms with Gasteiger partial charge < -0.3 is 15.5 Å². The van der Waals surface area contributed by atoms with Crippen LogP contribution >= 0.6 is 36.2 Å². The summed E-state index contributed by atoms with van der Waals surface area (Å²) >= 11 is 5.85. The number of nitrogens with one attached hydrogen (secondary N) is 1. The van der Waals surface area contributed by atoms with Crippen LogP contribution in [0.3, 0.4) is 0 Å². The molecule has 1 saturated heterocycles. The third-order valence-electron chi connectivity index (χ3n) is 4.69. The van der Waals surface area contributed by atoms with E-state index in [0.717, 1.165) is 28.4 Å². The molecule has 2 aliphatic heterocycles. The number of nitrogens with zero attached hydrogens (tertiary/aromatic N) is 5. The first kappa shape index (κ1) is 26.1. The zero-order chi connectivity index (χ0) is 25.2. The molecule has 0 radical (unpaired) electrons. The van der Waals surface area contributed by atoms with Crippen molar-refractivity contribution in [3.05, 3.63) is 11.3 Å². The summed E-state index contributed by atoms with van der Waals surface area (Å²) in [6.07, 6.45) is -6.30. The fourth-order valence-corrected chi connectivity index (χ4v) is 5.82. The van der Waals surface area contributed by atoms with E-state index in [1.54, 1.807) is 0 Å². The lowest BCUT2D eigenvalue weighted by atomic mass is 10.0. The molecule has 2 aliphatic rings. The van der Waals surface area contributed by atoms with E-state index >= 15 is 0 Å². The number of hydrogen-bond donors (Lipinski definition) is 4. The van der Waals surface area contributed by atoms with Gasteiger partial charge in [0.05, 0.1) is 24.6 Å². The first-order valence-electron chi connectivity index (χ1n) is 9.45. The largest absolute Gasteiger partial charge is 0.481 e. The van der Waals surface area contributed by atoms with Crippen LogP contribution in [0.2, 0.25) is 0 Å². The molecule has 18 heteroatoms. The molecule has 0 saturated carbocycles. The van der Waals surface area contributed by atoms with Crippen molar-refractivity contribution in [2.45, 2.75) is 47.4 Å². The molecule has 3 atom stereocenters. The van der Waals surface area contributed by atoms with E-state index in [4.69, 9.17) is 5.11 Å². The number of aliphatic carboxylic acids is 2. The average Bonchev–Trinajstić information content (AvgIpc) is 3.19. The molecule has 0 aromatic carbocycles. The van der Waals surface area contributed by atoms with Gasteiger partial charge in [-0.3, -0.25) is 19.3 Å². The van der Waals surface area contributed by atoms with Gasteiger partial charge in [0.2, 0.25) is 11.1 Å². The van der Waals surface area contributed by atoms with E-state index in [0.29, 0.717) is 5.57 Å². The van der Waals surface area contributed by atoms with E-state index < -0.39 is 53.0 Å². The number of aryl methyl sites for hydroxylation is 1. The SMILES string of the molecule is O=C(O)CCn1nnnc1SCC1=C(C(=O)O)N2C(=O)C(NC(=O)C(S)CC(F)(F)F)[C@H]2SC1. The minimum atomic E-state index is -4.61. The lowest BCUT2D eigenvalue weighted by Gasteiger charge is -2.49. The average molecular weight is 543 g/mol. The summed E-state index contributed by atoms with van der Waals surface area (Å²) in [5.41, 5.74) is 0.0860. The number of tetrazole rings is 1. The van der Waals surface area contributed by atoms with Gasteiger partial charge in [-0.2, -0.15) is 25.8 Å². The summed E-state index contributed by atoms with van der Waals surface area (Å²) in [4.78, 5) is 48.2. The summed E-state index contributed by atoms with van der Waals surface area (Å²) in [6.45, 7) is 0.0127. The first-order valence-corrected chi connectivity index (χ1v) is 12.0. The lowest BCUT2D eigenvalue weighted by Crippen LogP contribution is -2.71. The molecule has 186 valence electrons. The molecule has 1 aromatic rings. The Bertz CT molecular complexity index is 1030. The second kappa shape index (κ2) is 10.4. The fraction of sp³-hybridized carbons (Fsp3) is 0.562. The first-order chi connectivity index (χ1) is 15.9. The maximum Gasteiger partial charge on any atom is 0.390 e. The number of aromatic nitrogens is 4. The van der Waals surface area contributed by atoms with Crippen LogP contribution in [0.15, 0.2) is 16.4 Å². The number of alkyl halides is 3. The molecule has 0 spiro atoms. The topological polar surface area (TPSA) is 168 Å². The number of hydrogen-bond acceptors (Lipinski definition) is 10. The quantitative estimate of drug-likeness (QED) is 0.181. The smallest absolute Gasteiger partial charge is 0.390 e. The molecule has 0 bridgehead atoms. The van der Waals surface area contributed by atoms with Crippen molar-refractivity contribution in [1.82, 2.24) is 30.4 Å². The van der Waals surface area contributed by atoms with E-state index in [9.17, 15) is 37.5 Å². The maximum atomic E-state index is 12.6. The predicted molar refractivity (Wildman–Crippen MR) is 114 cm³/mol. The number of β-lactam (4-membered cyclic amide) rings is 1. The molecular formula is C16H17F3N6O6S3. The number of halogens is 3. The zero-order valence-corrected chi connectivity index (χ0v) is 19.5. The zero-order valence-electron chi connectivity index (χ0n) is 16.9. The van der Waals surface area contributed by atoms with Gasteiger partial charge in [-0.15, -0.1) is 16.9 Å². The molecule has 1 aromatic heterocycles. The molecular weight excluding hydrogens is 525 g/mol. The van der Waals surface area contributed by atoms with Crippen molar-refractivity contribution in [1.29, 1.82) is 0 Å². The fourth-order valence-electron chi connectivity index (χ4n) is 3.15. The van der Waals surface area contributed by atoms with Crippen molar-refractivity contribution >= 4 is 59.9 Å². The van der Waals surface area contributed by atoms with Gasteiger partial charge in [0.1, 0.15) is 17.1 Å². The Morgan fingerprint density at radius 3 is 2.65 bits per heavy atom. The van der Waals surface area contributed by atoms with Gasteiger partial charge in [0.25, 0.3) is 5.91 Å². The number of carboxylic acids is 2. The molecule has 3 N–H and O–H groups in total. The molecule has 1 fully saturated rings. The Kier molecular flexibility index (Phi) is 8.02. The molecule has 12 nitrogen and oxygen atoms in total. The number of rotatable bonds is 10. The summed E-state index contributed by atoms with van der Waals surface area (Å²) in [6, 6.07) is -1.17. The third kappa shape index (κ3) is 5.96. The maximum absolute atomic E-state index is 12.6. The summed E-state index contributed by atoms with van der Waals surface area (Å²) in [5.74, 6) is -4.01. The van der Waals surface area contributed by atoms with Gasteiger partial charge in [0, 0.05) is 11.5 Å². The molecule has 0 aliphatic carbocycles. The van der Waals surface area contributed by atoms with Gasteiger partial charge in [-0.1, -0.05) is 11.8 Å². The van der Waals surface area contributed by atoms with Crippen LogP contribution in [0.5, 0.6) is 0 Å². The van der Waals surface area contributed by atoms with Gasteiger partial charge in [-0.25, -0.2) is 9.48 Å². The van der Waals surface area contributed by atoms with E-state index in [2.05, 4.69) is 33.5 Å². The van der Waals surface area contributed by atoms with E-state index in [1.807, 2.05) is 0 Å². The Hall–Kier alpha value is -2.47. The van der Waals surface area contributed by atoms with Crippen LogP contribution in [0.1, 0.15) is 12.8 Å².